The van der Waals surface area contributed by atoms with Crippen molar-refractivity contribution in [2.75, 3.05) is 97.3 Å². The van der Waals surface area contributed by atoms with Crippen molar-refractivity contribution in [3.8, 4) is 0 Å². The van der Waals surface area contributed by atoms with Gasteiger partial charge in [0, 0.05) is 63.6 Å². The zero-order valence-electron chi connectivity index (χ0n) is 38.0. The van der Waals surface area contributed by atoms with Crippen LogP contribution in [-0.4, -0.2) is 131 Å². The van der Waals surface area contributed by atoms with E-state index < -0.39 is 5.24 Å². The topological polar surface area (TPSA) is 318 Å². The number of nitrogens with two attached hydrogens (primary N) is 1. The Balaban J connectivity index is -0.000000839. The van der Waals surface area contributed by atoms with E-state index in [0.717, 1.165) is 60.7 Å². The van der Waals surface area contributed by atoms with Crippen LogP contribution >= 0.6 is 58.0 Å². The van der Waals surface area contributed by atoms with Crippen molar-refractivity contribution in [3.05, 3.63) is 129 Å². The summed E-state index contributed by atoms with van der Waals surface area (Å²) < 4.78 is 0.916. The van der Waals surface area contributed by atoms with Crippen LogP contribution in [-0.2, 0) is 35.4 Å². The monoisotopic (exact) mass is 1100 g/mol. The van der Waals surface area contributed by atoms with Crippen LogP contribution in [0.2, 0.25) is 0 Å². The van der Waals surface area contributed by atoms with Crippen molar-refractivity contribution >= 4 is 128 Å². The van der Waals surface area contributed by atoms with Crippen LogP contribution in [0.3, 0.4) is 0 Å². The first kappa shape index (κ1) is 70.2. The molecule has 0 spiro atoms. The Labute approximate surface area is 444 Å². The number of carbonyl (C=O) groups excluding carboxylic acids is 6. The Kier molecular flexibility index (Phi) is 41.6. The Hall–Kier alpha value is -6.03. The molecule has 3 saturated heterocycles. The molecule has 2 bridgehead atoms. The highest BCUT2D eigenvalue weighted by Crippen LogP contribution is 2.21. The fourth-order valence-electron chi connectivity index (χ4n) is 5.71. The number of benzene rings is 4. The van der Waals surface area contributed by atoms with E-state index in [4.69, 9.17) is 84.1 Å². The van der Waals surface area contributed by atoms with Crippen molar-refractivity contribution in [1.82, 2.24) is 4.90 Å². The lowest BCUT2D eigenvalue weighted by atomic mass is 10.1. The summed E-state index contributed by atoms with van der Waals surface area (Å²) >= 11 is 25.5. The smallest absolute Gasteiger partial charge is 0.279 e. The molecular formula is C46H63Cl5N13O8+. The molecule has 21 nitrogen and oxygen atoms in total. The molecule has 0 saturated carbocycles. The molecule has 26 heteroatoms. The van der Waals surface area contributed by atoms with E-state index in [9.17, 15) is 24.0 Å². The van der Waals surface area contributed by atoms with Gasteiger partial charge in [-0.25, -0.2) is 0 Å². The molecular weight excluding hydrogens is 1040 g/mol. The number of alkyl halides is 4. The number of rotatable bonds is 13. The first-order valence-electron chi connectivity index (χ1n) is 20.5. The highest BCUT2D eigenvalue weighted by atomic mass is 35.5. The SMILES string of the molecule is C.C.C=O.Cc1ccc(NC(=O)CCl)cc1.NCO.O=C(CCl)Nc1ccc(CO)cc1.O=C(Cl)CCl.[N-]=[N+]=Nc1ccc(NC(=O)CCl)cc1.[N-]=[N+]=Nc1ccc(NC(=O)C[N+]23CCN(CC2)CC3)cc1. The molecule has 72 heavy (non-hydrogen) atoms. The van der Waals surface area contributed by atoms with Gasteiger partial charge in [-0.15, -0.1) is 46.4 Å². The second kappa shape index (κ2) is 42.6. The van der Waals surface area contributed by atoms with Gasteiger partial charge in [0.25, 0.3) is 5.91 Å². The molecule has 4 amide bonds. The zero-order valence-corrected chi connectivity index (χ0v) is 41.8. The van der Waals surface area contributed by atoms with Crippen molar-refractivity contribution < 1.29 is 43.5 Å². The molecule has 394 valence electrons. The normalized spacial score (nSPS) is 13.8. The van der Waals surface area contributed by atoms with Crippen LogP contribution in [0.1, 0.15) is 26.0 Å². The molecule has 3 fully saturated rings. The second-order valence-corrected chi connectivity index (χ2v) is 15.5. The first-order chi connectivity index (χ1) is 33.6. The lowest BCUT2D eigenvalue weighted by Crippen LogP contribution is -2.68. The number of hydrogen-bond acceptors (Lipinski definition) is 12. The third-order valence-electron chi connectivity index (χ3n) is 9.00. The van der Waals surface area contributed by atoms with Gasteiger partial charge in [-0.2, -0.15) is 0 Å². The van der Waals surface area contributed by atoms with Gasteiger partial charge in [0.2, 0.25) is 23.0 Å². The molecule has 3 aliphatic rings. The number of hydrogen-bond donors (Lipinski definition) is 7. The molecule has 4 aromatic carbocycles. The molecule has 0 unspecified atom stereocenters. The third-order valence-corrected chi connectivity index (χ3v) is 10.2. The number of halogens is 5. The average molecular weight is 1100 g/mol. The number of anilines is 4. The highest BCUT2D eigenvalue weighted by Gasteiger charge is 2.39. The van der Waals surface area contributed by atoms with Crippen LogP contribution in [0.25, 0.3) is 20.9 Å². The van der Waals surface area contributed by atoms with E-state index in [1.54, 1.807) is 72.8 Å². The minimum atomic E-state index is -0.508. The first-order valence-corrected chi connectivity index (χ1v) is 23.0. The summed E-state index contributed by atoms with van der Waals surface area (Å²) in [4.78, 5) is 70.1. The Morgan fingerprint density at radius 2 is 0.903 bits per heavy atom. The number of amides is 4. The molecule has 0 radical (unpaired) electrons. The van der Waals surface area contributed by atoms with Gasteiger partial charge in [-0.05, 0) is 83.7 Å². The summed E-state index contributed by atoms with van der Waals surface area (Å²) in [6, 6.07) is 27.9. The van der Waals surface area contributed by atoms with Crippen LogP contribution < -0.4 is 27.0 Å². The molecule has 3 heterocycles. The van der Waals surface area contributed by atoms with E-state index >= 15 is 0 Å². The summed E-state index contributed by atoms with van der Waals surface area (Å²) in [6.07, 6.45) is 0. The Morgan fingerprint density at radius 1 is 0.611 bits per heavy atom. The summed E-state index contributed by atoms with van der Waals surface area (Å²) in [5.74, 6) is -0.876. The quantitative estimate of drug-likeness (QED) is 0.0127. The number of aliphatic hydroxyl groups excluding tert-OH is 2. The van der Waals surface area contributed by atoms with Crippen molar-refractivity contribution in [3.63, 3.8) is 0 Å². The fourth-order valence-corrected chi connectivity index (χ4v) is 5.91. The number of carbonyl (C=O) groups is 6. The lowest BCUT2D eigenvalue weighted by molar-refractivity contribution is -0.933. The van der Waals surface area contributed by atoms with E-state index in [-0.39, 0.29) is 75.3 Å². The molecule has 3 aliphatic heterocycles. The standard InChI is InChI=1S/C14H18N6O.C9H10ClNO2.C9H10ClNO.C8H7ClN4O.C2H2Cl2O.CH5NO.CH2O.2CH4/c15-18-17-13-3-1-12(2-4-13)16-14(21)11-20-8-5-19(6-9-20)7-10-20;10-5-9(13)11-8-3-1-7(6-12)2-4-8;1-7-2-4-8(5-3-7)11-9(12)6-10;9-5-8(14)11-6-1-3-7(4-2-6)12-13-10;3-1-2(4)5;2-1-3;1-2;;/h1-4H,5-11H2;1-4,12H,5-6H2,(H,11,13);2-5H,6H2,1H3,(H,11,12);1-4H,5H2,(H,11,14);1H2;3H,1-2H2;1H2;2*1H4/p+1. The van der Waals surface area contributed by atoms with Crippen LogP contribution in [0, 0.1) is 6.92 Å². The minimum absolute atomic E-state index is 0. The van der Waals surface area contributed by atoms with Gasteiger partial charge in [0.15, 0.2) is 6.54 Å². The number of aryl methyl sites for hydroxylation is 1. The largest absolute Gasteiger partial charge is 0.392 e. The number of azide groups is 2. The maximum absolute atomic E-state index is 12.3. The zero-order chi connectivity index (χ0) is 52.7. The van der Waals surface area contributed by atoms with E-state index in [2.05, 4.69) is 52.0 Å². The lowest BCUT2D eigenvalue weighted by Gasteiger charge is -2.50. The molecule has 0 aliphatic carbocycles. The van der Waals surface area contributed by atoms with Crippen LogP contribution in [0.5, 0.6) is 0 Å². The number of aliphatic hydroxyl groups is 2. The highest BCUT2D eigenvalue weighted by molar-refractivity contribution is 6.67. The summed E-state index contributed by atoms with van der Waals surface area (Å²) in [7, 11) is 0. The van der Waals surface area contributed by atoms with Crippen molar-refractivity contribution in [2.45, 2.75) is 28.4 Å². The maximum Gasteiger partial charge on any atom is 0.279 e. The predicted octanol–water partition coefficient (Wildman–Crippen LogP) is 9.02. The van der Waals surface area contributed by atoms with Gasteiger partial charge < -0.3 is 46.5 Å². The number of quaternary nitrogens is 1. The summed E-state index contributed by atoms with van der Waals surface area (Å²) in [5.41, 5.74) is 26.7. The molecule has 0 atom stereocenters. The summed E-state index contributed by atoms with van der Waals surface area (Å²) in [6.45, 7) is 10.8. The van der Waals surface area contributed by atoms with E-state index in [1.807, 2.05) is 38.0 Å². The van der Waals surface area contributed by atoms with Crippen LogP contribution in [0.4, 0.5) is 34.1 Å². The van der Waals surface area contributed by atoms with Gasteiger partial charge in [-0.1, -0.05) is 79.2 Å². The number of fused-ring (bicyclic) bond motifs is 3. The van der Waals surface area contributed by atoms with Crippen molar-refractivity contribution in [2.24, 2.45) is 16.0 Å². The van der Waals surface area contributed by atoms with E-state index in [0.29, 0.717) is 29.3 Å². The van der Waals surface area contributed by atoms with Gasteiger partial charge in [-0.3, -0.25) is 28.9 Å². The number of piperazine rings is 3. The Morgan fingerprint density at radius 3 is 1.18 bits per heavy atom. The number of nitrogens with zero attached hydrogens (tertiary/aromatic N) is 8. The number of nitrogens with one attached hydrogen (secondary N) is 4. The van der Waals surface area contributed by atoms with E-state index in [1.165, 1.54) is 5.56 Å². The fraction of sp³-hybridized carbons (Fsp3) is 0.348. The molecule has 4 aromatic rings. The third kappa shape index (κ3) is 32.0. The van der Waals surface area contributed by atoms with Gasteiger partial charge in [0.1, 0.15) is 24.4 Å². The average Bonchev–Trinajstić information content (AvgIpc) is 3.38. The Bertz CT molecular complexity index is 2250. The maximum atomic E-state index is 12.3. The van der Waals surface area contributed by atoms with Gasteiger partial charge in [0.05, 0.1) is 38.9 Å². The summed E-state index contributed by atoms with van der Waals surface area (Å²) in [5, 5.41) is 33.2. The van der Waals surface area contributed by atoms with Crippen molar-refractivity contribution in [1.29, 1.82) is 0 Å². The molecule has 7 rings (SSSR count). The van der Waals surface area contributed by atoms with Crippen LogP contribution in [0.15, 0.2) is 107 Å². The second-order valence-electron chi connectivity index (χ2n) is 14.0. The van der Waals surface area contributed by atoms with Gasteiger partial charge >= 0.3 is 0 Å². The molecule has 0 aromatic heterocycles. The minimum Gasteiger partial charge on any atom is -0.392 e. The molecule has 8 N–H and O–H groups in total. The predicted molar refractivity (Wildman–Crippen MR) is 290 cm³/mol.